The van der Waals surface area contributed by atoms with Gasteiger partial charge in [-0.05, 0) is 37.1 Å². The van der Waals surface area contributed by atoms with E-state index < -0.39 is 0 Å². The minimum atomic E-state index is 0.742. The van der Waals surface area contributed by atoms with E-state index in [0.717, 1.165) is 67.8 Å². The molecule has 0 spiro atoms. The maximum atomic E-state index is 5.72. The standard InChI is InChI=1S/C21H27N3O2/c1-25-17-8-6-16(7-9-17)20-22-19-11-15-26-14-10-18(19)21(23-20)24-12-4-2-3-5-13-24/h6-9H,2-5,10-15H2,1H3. The first-order chi connectivity index (χ1) is 12.8. The average molecular weight is 353 g/mol. The van der Waals surface area contributed by atoms with E-state index in [1.54, 1.807) is 7.11 Å². The van der Waals surface area contributed by atoms with Crippen molar-refractivity contribution in [1.82, 2.24) is 9.97 Å². The van der Waals surface area contributed by atoms with Crippen molar-refractivity contribution in [2.75, 3.05) is 38.3 Å². The Balaban J connectivity index is 1.77. The minimum absolute atomic E-state index is 0.742. The van der Waals surface area contributed by atoms with Crippen LogP contribution in [0.5, 0.6) is 5.75 Å². The third-order valence-electron chi connectivity index (χ3n) is 5.30. The molecule has 0 radical (unpaired) electrons. The van der Waals surface area contributed by atoms with Gasteiger partial charge in [0.25, 0.3) is 0 Å². The molecule has 1 aromatic heterocycles. The third kappa shape index (κ3) is 3.68. The molecule has 1 fully saturated rings. The molecular formula is C21H27N3O2. The van der Waals surface area contributed by atoms with Crippen LogP contribution >= 0.6 is 0 Å². The van der Waals surface area contributed by atoms with Crippen LogP contribution in [0.4, 0.5) is 5.82 Å². The topological polar surface area (TPSA) is 47.5 Å². The molecule has 5 heteroatoms. The van der Waals surface area contributed by atoms with Gasteiger partial charge in [-0.15, -0.1) is 0 Å². The van der Waals surface area contributed by atoms with Gasteiger partial charge in [0.1, 0.15) is 11.6 Å². The number of aromatic nitrogens is 2. The van der Waals surface area contributed by atoms with Gasteiger partial charge in [-0.25, -0.2) is 9.97 Å². The zero-order valence-electron chi connectivity index (χ0n) is 15.5. The maximum Gasteiger partial charge on any atom is 0.161 e. The molecule has 26 heavy (non-hydrogen) atoms. The van der Waals surface area contributed by atoms with Crippen molar-refractivity contribution in [3.8, 4) is 17.1 Å². The number of methoxy groups -OCH3 is 1. The van der Waals surface area contributed by atoms with Crippen molar-refractivity contribution in [2.24, 2.45) is 0 Å². The summed E-state index contributed by atoms with van der Waals surface area (Å²) < 4.78 is 11.0. The van der Waals surface area contributed by atoms with Crippen LogP contribution in [0.15, 0.2) is 24.3 Å². The van der Waals surface area contributed by atoms with E-state index in [2.05, 4.69) is 4.90 Å². The second-order valence-corrected chi connectivity index (χ2v) is 7.04. The first kappa shape index (κ1) is 17.3. The Morgan fingerprint density at radius 1 is 0.923 bits per heavy atom. The van der Waals surface area contributed by atoms with E-state index in [1.165, 1.54) is 31.2 Å². The summed E-state index contributed by atoms with van der Waals surface area (Å²) in [5.74, 6) is 2.80. The highest BCUT2D eigenvalue weighted by Crippen LogP contribution is 2.30. The highest BCUT2D eigenvalue weighted by atomic mass is 16.5. The Labute approximate surface area is 155 Å². The summed E-state index contributed by atoms with van der Waals surface area (Å²) in [7, 11) is 1.69. The van der Waals surface area contributed by atoms with Crippen molar-refractivity contribution >= 4 is 5.82 Å². The molecule has 0 unspecified atom stereocenters. The van der Waals surface area contributed by atoms with E-state index in [1.807, 2.05) is 24.3 Å². The van der Waals surface area contributed by atoms with Gasteiger partial charge in [0, 0.05) is 37.1 Å². The Kier molecular flexibility index (Phi) is 5.34. The van der Waals surface area contributed by atoms with Gasteiger partial charge in [-0.2, -0.15) is 0 Å². The van der Waals surface area contributed by atoms with Gasteiger partial charge < -0.3 is 14.4 Å². The van der Waals surface area contributed by atoms with Crippen LogP contribution in [-0.2, 0) is 17.6 Å². The van der Waals surface area contributed by atoms with Crippen molar-refractivity contribution in [3.63, 3.8) is 0 Å². The van der Waals surface area contributed by atoms with Crippen molar-refractivity contribution in [3.05, 3.63) is 35.5 Å². The number of anilines is 1. The van der Waals surface area contributed by atoms with Crippen molar-refractivity contribution in [1.29, 1.82) is 0 Å². The van der Waals surface area contributed by atoms with Gasteiger partial charge in [0.05, 0.1) is 26.0 Å². The third-order valence-corrected chi connectivity index (χ3v) is 5.30. The normalized spacial score (nSPS) is 18.0. The molecule has 0 aliphatic carbocycles. The minimum Gasteiger partial charge on any atom is -0.497 e. The van der Waals surface area contributed by atoms with Crippen LogP contribution in [0.1, 0.15) is 36.9 Å². The highest BCUT2D eigenvalue weighted by molar-refractivity contribution is 5.62. The van der Waals surface area contributed by atoms with E-state index in [4.69, 9.17) is 19.4 Å². The number of hydrogen-bond acceptors (Lipinski definition) is 5. The summed E-state index contributed by atoms with van der Waals surface area (Å²) >= 11 is 0. The predicted octanol–water partition coefficient (Wildman–Crippen LogP) is 3.65. The van der Waals surface area contributed by atoms with Gasteiger partial charge in [-0.1, -0.05) is 12.8 Å². The molecule has 138 valence electrons. The maximum absolute atomic E-state index is 5.72. The van der Waals surface area contributed by atoms with Crippen LogP contribution in [0.3, 0.4) is 0 Å². The zero-order chi connectivity index (χ0) is 17.8. The number of rotatable bonds is 3. The summed E-state index contributed by atoms with van der Waals surface area (Å²) in [5.41, 5.74) is 3.49. The molecule has 3 heterocycles. The Morgan fingerprint density at radius 2 is 1.65 bits per heavy atom. The van der Waals surface area contributed by atoms with Crippen LogP contribution < -0.4 is 9.64 Å². The van der Waals surface area contributed by atoms with Gasteiger partial charge in [0.2, 0.25) is 0 Å². The molecule has 4 rings (SSSR count). The quantitative estimate of drug-likeness (QED) is 0.843. The van der Waals surface area contributed by atoms with E-state index in [-0.39, 0.29) is 0 Å². The lowest BCUT2D eigenvalue weighted by molar-refractivity contribution is 0.146. The average Bonchev–Trinajstić information content (AvgIpc) is 3.10. The molecule has 0 saturated carbocycles. The summed E-state index contributed by atoms with van der Waals surface area (Å²) in [4.78, 5) is 12.4. The lowest BCUT2D eigenvalue weighted by Crippen LogP contribution is -2.27. The number of hydrogen-bond donors (Lipinski definition) is 0. The molecular weight excluding hydrogens is 326 g/mol. The summed E-state index contributed by atoms with van der Waals surface area (Å²) in [5, 5.41) is 0. The second-order valence-electron chi connectivity index (χ2n) is 7.04. The monoisotopic (exact) mass is 353 g/mol. The van der Waals surface area contributed by atoms with Gasteiger partial charge in [-0.3, -0.25) is 0 Å². The number of fused-ring (bicyclic) bond motifs is 1. The molecule has 0 amide bonds. The molecule has 1 saturated heterocycles. The molecule has 2 aromatic rings. The zero-order valence-corrected chi connectivity index (χ0v) is 15.5. The lowest BCUT2D eigenvalue weighted by atomic mass is 10.1. The van der Waals surface area contributed by atoms with Gasteiger partial charge >= 0.3 is 0 Å². The van der Waals surface area contributed by atoms with Crippen LogP contribution in [-0.4, -0.2) is 43.4 Å². The van der Waals surface area contributed by atoms with E-state index in [0.29, 0.717) is 0 Å². The molecule has 2 aliphatic heterocycles. The second kappa shape index (κ2) is 8.04. The molecule has 2 aliphatic rings. The van der Waals surface area contributed by atoms with E-state index >= 15 is 0 Å². The van der Waals surface area contributed by atoms with Gasteiger partial charge in [0.15, 0.2) is 5.82 Å². The summed E-state index contributed by atoms with van der Waals surface area (Å²) in [6, 6.07) is 8.03. The Bertz CT molecular complexity index is 738. The van der Waals surface area contributed by atoms with Crippen molar-refractivity contribution < 1.29 is 9.47 Å². The Morgan fingerprint density at radius 3 is 2.38 bits per heavy atom. The fourth-order valence-electron chi connectivity index (χ4n) is 3.84. The lowest BCUT2D eigenvalue weighted by Gasteiger charge is -2.25. The fourth-order valence-corrected chi connectivity index (χ4v) is 3.84. The van der Waals surface area contributed by atoms with Crippen LogP contribution in [0.2, 0.25) is 0 Å². The number of ether oxygens (including phenoxy) is 2. The van der Waals surface area contributed by atoms with Crippen LogP contribution in [0.25, 0.3) is 11.4 Å². The summed E-state index contributed by atoms with van der Waals surface area (Å²) in [6.07, 6.45) is 6.89. The molecule has 1 aromatic carbocycles. The Hall–Kier alpha value is -2.14. The first-order valence-electron chi connectivity index (χ1n) is 9.72. The molecule has 0 N–H and O–H groups in total. The molecule has 0 bridgehead atoms. The first-order valence-corrected chi connectivity index (χ1v) is 9.72. The molecule has 5 nitrogen and oxygen atoms in total. The fraction of sp³-hybridized carbons (Fsp3) is 0.524. The SMILES string of the molecule is COc1ccc(-c2nc3c(c(N4CCCCCC4)n2)CCOCC3)cc1. The summed E-state index contributed by atoms with van der Waals surface area (Å²) in [6.45, 7) is 3.68. The number of nitrogens with zero attached hydrogens (tertiary/aromatic N) is 3. The predicted molar refractivity (Wildman–Crippen MR) is 103 cm³/mol. The van der Waals surface area contributed by atoms with E-state index in [9.17, 15) is 0 Å². The number of benzene rings is 1. The smallest absolute Gasteiger partial charge is 0.161 e. The highest BCUT2D eigenvalue weighted by Gasteiger charge is 2.22. The van der Waals surface area contributed by atoms with Crippen LogP contribution in [0, 0.1) is 0 Å². The largest absolute Gasteiger partial charge is 0.497 e. The van der Waals surface area contributed by atoms with Crippen molar-refractivity contribution in [2.45, 2.75) is 38.5 Å². The molecule has 0 atom stereocenters.